The van der Waals surface area contributed by atoms with Crippen LogP contribution in [-0.2, 0) is 41.8 Å². The molecule has 0 atom stereocenters. The van der Waals surface area contributed by atoms with Crippen LogP contribution in [0.5, 0.6) is 0 Å². The second kappa shape index (κ2) is 26.6. The van der Waals surface area contributed by atoms with Crippen molar-refractivity contribution in [3.8, 4) is 112 Å². The zero-order chi connectivity index (χ0) is 66.4. The molecule has 3 heterocycles. The van der Waals surface area contributed by atoms with Crippen molar-refractivity contribution < 1.29 is 42.1 Å². The van der Waals surface area contributed by atoms with Crippen LogP contribution >= 0.6 is 0 Å². The third kappa shape index (κ3) is 12.3. The maximum absolute atomic E-state index is 16.5. The number of pyridine rings is 3. The predicted molar refractivity (Wildman–Crippen MR) is 375 cm³/mol. The number of rotatable bonds is 16. The Morgan fingerprint density at radius 3 is 1.14 bits per heavy atom. The second-order valence-corrected chi connectivity index (χ2v) is 26.4. The Morgan fingerprint density at radius 2 is 0.667 bits per heavy atom. The van der Waals surface area contributed by atoms with Crippen LogP contribution in [0.1, 0.15) is 77.6 Å². The quantitative estimate of drug-likeness (QED) is 0.0715. The number of hydrogen-bond acceptors (Lipinski definition) is 3. The van der Waals surface area contributed by atoms with Crippen LogP contribution in [0, 0.1) is 47.3 Å². The van der Waals surface area contributed by atoms with E-state index in [-0.39, 0.29) is 48.2 Å². The summed E-state index contributed by atoms with van der Waals surface area (Å²) in [6, 6.07) is 84.8. The fourth-order valence-electron chi connectivity index (χ4n) is 12.8. The molecule has 0 aliphatic carbocycles. The standard InChI is InChI=1S/C87H67F5N3.Ir/c1-84(2,63-38-45-77(93-52-63)69-40-43-75(89)80(82(69)91)59-27-17-11-18-28-59)86(5,6)65-47-62(48-66(50-65)87(7,8)85(3,4)64-39-46-78(94-53-64)70-41-44-76(90)81(83(70)92)60-29-19-12-20-30-60)67-31-21-22-32-68(67)73-54-95-79(61-37-42-74(88)72(49-61)57-25-15-10-16-26-57)51-71(73)58-35-33-56(34-36-58)55-23-13-9-14-24-55;/h9-36,38-39,42-54H,1-8H3;/q-3;+3. The van der Waals surface area contributed by atoms with Gasteiger partial charge in [0.1, 0.15) is 0 Å². The van der Waals surface area contributed by atoms with Crippen molar-refractivity contribution in [1.29, 1.82) is 0 Å². The summed E-state index contributed by atoms with van der Waals surface area (Å²) in [4.78, 5) is 14.9. The fourth-order valence-corrected chi connectivity index (χ4v) is 12.8. The number of aromatic nitrogens is 3. The first-order valence-corrected chi connectivity index (χ1v) is 31.7. The van der Waals surface area contributed by atoms with E-state index in [0.717, 1.165) is 72.3 Å². The Labute approximate surface area is 572 Å². The van der Waals surface area contributed by atoms with Gasteiger partial charge in [0.25, 0.3) is 0 Å². The van der Waals surface area contributed by atoms with Crippen molar-refractivity contribution in [3.05, 3.63) is 331 Å². The van der Waals surface area contributed by atoms with Crippen molar-refractivity contribution in [1.82, 2.24) is 15.0 Å². The van der Waals surface area contributed by atoms with Gasteiger partial charge < -0.3 is 15.0 Å². The van der Waals surface area contributed by atoms with Crippen LogP contribution in [0.2, 0.25) is 0 Å². The Balaban J connectivity index is 0.00000881. The molecule has 3 aromatic heterocycles. The summed E-state index contributed by atoms with van der Waals surface area (Å²) in [5.74, 6) is -3.27. The van der Waals surface area contributed by atoms with Crippen LogP contribution < -0.4 is 0 Å². The molecule has 0 unspecified atom stereocenters. The van der Waals surface area contributed by atoms with Gasteiger partial charge in [-0.05, 0) is 117 Å². The third-order valence-electron chi connectivity index (χ3n) is 20.1. The van der Waals surface area contributed by atoms with Gasteiger partial charge in [0.15, 0.2) is 0 Å². The molecule has 0 aliphatic rings. The molecule has 0 radical (unpaired) electrons. The largest absolute Gasteiger partial charge is 3.00 e. The smallest absolute Gasteiger partial charge is 0.304 e. The van der Waals surface area contributed by atoms with Crippen LogP contribution in [0.3, 0.4) is 0 Å². The minimum absolute atomic E-state index is 0. The Hall–Kier alpha value is -10.1. The molecule has 3 nitrogen and oxygen atoms in total. The minimum atomic E-state index is -0.737. The molecule has 0 saturated carbocycles. The van der Waals surface area contributed by atoms with Crippen molar-refractivity contribution in [2.24, 2.45) is 0 Å². The summed E-state index contributed by atoms with van der Waals surface area (Å²) in [5.41, 5.74) is 12.8. The van der Waals surface area contributed by atoms with Gasteiger partial charge in [0.2, 0.25) is 0 Å². The number of nitrogens with zero attached hydrogens (tertiary/aromatic N) is 3. The number of benzene rings is 10. The Kier molecular flexibility index (Phi) is 18.3. The van der Waals surface area contributed by atoms with Gasteiger partial charge in [-0.25, -0.2) is 0 Å². The molecule has 0 amide bonds. The van der Waals surface area contributed by atoms with Gasteiger partial charge in [-0.1, -0.05) is 290 Å². The van der Waals surface area contributed by atoms with Gasteiger partial charge in [-0.3, -0.25) is 22.0 Å². The Bertz CT molecular complexity index is 4780. The van der Waals surface area contributed by atoms with E-state index in [4.69, 9.17) is 15.0 Å². The predicted octanol–water partition coefficient (Wildman–Crippen LogP) is 23.1. The topological polar surface area (TPSA) is 38.7 Å². The van der Waals surface area contributed by atoms with Gasteiger partial charge >= 0.3 is 20.1 Å². The van der Waals surface area contributed by atoms with E-state index in [9.17, 15) is 0 Å². The van der Waals surface area contributed by atoms with E-state index in [1.165, 1.54) is 18.2 Å². The molecule has 0 N–H and O–H groups in total. The maximum Gasteiger partial charge on any atom is 3.00 e. The van der Waals surface area contributed by atoms with E-state index in [1.807, 2.05) is 79.0 Å². The van der Waals surface area contributed by atoms with Crippen LogP contribution in [0.4, 0.5) is 22.0 Å². The van der Waals surface area contributed by atoms with E-state index in [2.05, 4.69) is 152 Å². The van der Waals surface area contributed by atoms with Crippen molar-refractivity contribution in [3.63, 3.8) is 0 Å². The number of hydrogen-bond donors (Lipinski definition) is 0. The molecule has 0 fully saturated rings. The summed E-state index contributed by atoms with van der Waals surface area (Å²) >= 11 is 0. The van der Waals surface area contributed by atoms with Crippen LogP contribution in [0.15, 0.2) is 261 Å². The molecule has 0 saturated heterocycles. The summed E-state index contributed by atoms with van der Waals surface area (Å²) in [6.45, 7) is 17.7. The molecule has 13 rings (SSSR count). The molecule has 474 valence electrons. The van der Waals surface area contributed by atoms with Gasteiger partial charge in [-0.15, -0.1) is 48.0 Å². The van der Waals surface area contributed by atoms with Crippen molar-refractivity contribution >= 4 is 0 Å². The second-order valence-electron chi connectivity index (χ2n) is 26.4. The van der Waals surface area contributed by atoms with Crippen LogP contribution in [0.25, 0.3) is 112 Å². The monoisotopic (exact) mass is 1440 g/mol. The van der Waals surface area contributed by atoms with Gasteiger partial charge in [0.05, 0.1) is 0 Å². The first-order chi connectivity index (χ1) is 45.7. The molecule has 9 heteroatoms. The normalized spacial score (nSPS) is 11.9. The zero-order valence-electron chi connectivity index (χ0n) is 54.4. The fraction of sp³-hybridized carbons (Fsp3) is 0.138. The van der Waals surface area contributed by atoms with E-state index < -0.39 is 44.9 Å². The molecule has 0 spiro atoms. The maximum atomic E-state index is 16.5. The van der Waals surface area contributed by atoms with Gasteiger partial charge in [-0.2, -0.15) is 0 Å². The first kappa shape index (κ1) is 66.0. The number of halogens is 5. The van der Waals surface area contributed by atoms with Crippen molar-refractivity contribution in [2.75, 3.05) is 0 Å². The minimum Gasteiger partial charge on any atom is -0.304 e. The zero-order valence-corrected chi connectivity index (χ0v) is 56.8. The Morgan fingerprint density at radius 1 is 0.281 bits per heavy atom. The molecule has 0 bridgehead atoms. The molecule has 10 aromatic carbocycles. The van der Waals surface area contributed by atoms with E-state index >= 15 is 22.0 Å². The molecular formula is C87H67F5IrN3. The van der Waals surface area contributed by atoms with Crippen LogP contribution in [-0.4, -0.2) is 15.0 Å². The summed E-state index contributed by atoms with van der Waals surface area (Å²) < 4.78 is 79.3. The van der Waals surface area contributed by atoms with E-state index in [0.29, 0.717) is 39.3 Å². The summed E-state index contributed by atoms with van der Waals surface area (Å²) in [6.07, 6.45) is 5.49. The molecule has 96 heavy (non-hydrogen) atoms. The summed E-state index contributed by atoms with van der Waals surface area (Å²) in [7, 11) is 0. The molecule has 0 aliphatic heterocycles. The average Bonchev–Trinajstić information content (AvgIpc) is 0.736. The van der Waals surface area contributed by atoms with E-state index in [1.54, 1.807) is 85.2 Å². The average molecular weight is 1440 g/mol. The first-order valence-electron chi connectivity index (χ1n) is 31.7. The third-order valence-corrected chi connectivity index (χ3v) is 20.1. The SMILES string of the molecule is CC(C)(c1ccc(-c2[c-]cc(F)c(-c3ccccc3)c2F)nc1)C(C)(C)c1cc(-c2ccccc2-c2cnc(-c3[c-]cc(F)c(-c4ccccc4)c3)cc2-c2ccc(-c3ccccc3)cc2)cc(C(C)(C)C(C)(C)c2ccc(-c3[c-]cc(F)c(-c4ccccc4)c3F)nc2)c1.[Ir+3]. The van der Waals surface area contributed by atoms with Crippen molar-refractivity contribution in [2.45, 2.75) is 77.0 Å². The molecular weight excluding hydrogens is 1370 g/mol. The summed E-state index contributed by atoms with van der Waals surface area (Å²) in [5, 5.41) is 0. The molecule has 13 aromatic rings. The van der Waals surface area contributed by atoms with Gasteiger partial charge in [0, 0.05) is 64.1 Å².